The Hall–Kier alpha value is -1.97. The lowest BCUT2D eigenvalue weighted by Gasteiger charge is -2.29. The summed E-state index contributed by atoms with van der Waals surface area (Å²) in [4.78, 5) is 11.1. The van der Waals surface area contributed by atoms with Crippen molar-refractivity contribution in [2.75, 3.05) is 0 Å². The number of aryl methyl sites for hydroxylation is 1. The van der Waals surface area contributed by atoms with Gasteiger partial charge in [-0.05, 0) is 19.4 Å². The largest absolute Gasteiger partial charge is 0.475 e. The molecule has 1 unspecified atom stereocenters. The molecule has 0 amide bonds. The second-order valence-electron chi connectivity index (χ2n) is 5.00. The third-order valence-electron chi connectivity index (χ3n) is 3.39. The lowest BCUT2D eigenvalue weighted by molar-refractivity contribution is -0.139. The van der Waals surface area contributed by atoms with Crippen molar-refractivity contribution in [2.45, 2.75) is 39.3 Å². The molecule has 0 aliphatic carbocycles. The van der Waals surface area contributed by atoms with Gasteiger partial charge in [-0.3, -0.25) is 0 Å². The number of carbonyl (C=O) groups is 1. The maximum atomic E-state index is 11.1. The molecule has 0 aromatic heterocycles. The van der Waals surface area contributed by atoms with Gasteiger partial charge in [0, 0.05) is 12.8 Å². The second-order valence-corrected chi connectivity index (χ2v) is 5.00. The molecule has 102 valence electrons. The Labute approximate surface area is 113 Å². The molecule has 0 fully saturated rings. The van der Waals surface area contributed by atoms with Crippen molar-refractivity contribution in [2.24, 2.45) is 0 Å². The van der Waals surface area contributed by atoms with E-state index in [0.29, 0.717) is 18.5 Å². The average molecular weight is 261 g/mol. The molecule has 0 saturated carbocycles. The van der Waals surface area contributed by atoms with Gasteiger partial charge >= 0.3 is 5.97 Å². The number of hydrogen-bond acceptors (Lipinski definition) is 3. The second kappa shape index (κ2) is 4.96. The number of ether oxygens (including phenoxy) is 1. The van der Waals surface area contributed by atoms with Crippen molar-refractivity contribution < 1.29 is 14.6 Å². The van der Waals surface area contributed by atoms with Gasteiger partial charge in [0.15, 0.2) is 5.72 Å². The number of rotatable bonds is 4. The van der Waals surface area contributed by atoms with E-state index in [4.69, 9.17) is 9.84 Å². The number of hydrogen-bond donors (Lipinski definition) is 2. The van der Waals surface area contributed by atoms with Crippen LogP contribution in [0, 0.1) is 6.92 Å². The fraction of sp³-hybridized carbons (Fsp3) is 0.400. The van der Waals surface area contributed by atoms with Crippen LogP contribution in [0.4, 0.5) is 0 Å². The standard InChI is InChI=1S/C15H19NO3/c1-4-15(9-12-7-5-6-10(2)8-12)16-11(3)13(19-15)14(17)18/h5-8,16H,4,9H2,1-3H3,(H,17,18). The summed E-state index contributed by atoms with van der Waals surface area (Å²) in [6, 6.07) is 8.17. The summed E-state index contributed by atoms with van der Waals surface area (Å²) >= 11 is 0. The van der Waals surface area contributed by atoms with E-state index in [9.17, 15) is 4.79 Å². The van der Waals surface area contributed by atoms with Crippen LogP contribution in [-0.4, -0.2) is 16.8 Å². The van der Waals surface area contributed by atoms with Gasteiger partial charge in [-0.2, -0.15) is 0 Å². The molecular weight excluding hydrogens is 242 g/mol. The van der Waals surface area contributed by atoms with E-state index in [1.165, 1.54) is 5.56 Å². The van der Waals surface area contributed by atoms with Crippen molar-refractivity contribution in [3.05, 3.63) is 46.8 Å². The van der Waals surface area contributed by atoms with Gasteiger partial charge < -0.3 is 15.2 Å². The number of allylic oxidation sites excluding steroid dienone is 1. The Bertz CT molecular complexity index is 536. The number of carboxylic acids is 1. The van der Waals surface area contributed by atoms with Crippen molar-refractivity contribution >= 4 is 5.97 Å². The first-order valence-electron chi connectivity index (χ1n) is 6.43. The Morgan fingerprint density at radius 3 is 2.68 bits per heavy atom. The minimum atomic E-state index is -1.02. The molecule has 1 aromatic carbocycles. The van der Waals surface area contributed by atoms with Crippen LogP contribution < -0.4 is 5.32 Å². The highest BCUT2D eigenvalue weighted by atomic mass is 16.5. The lowest BCUT2D eigenvalue weighted by atomic mass is 9.99. The predicted octanol–water partition coefficient (Wildman–Crippen LogP) is 2.58. The maximum Gasteiger partial charge on any atom is 0.373 e. The van der Waals surface area contributed by atoms with Gasteiger partial charge in [0.05, 0.1) is 5.70 Å². The fourth-order valence-electron chi connectivity index (χ4n) is 2.42. The van der Waals surface area contributed by atoms with Gasteiger partial charge in [0.1, 0.15) is 0 Å². The molecule has 0 bridgehead atoms. The molecule has 4 nitrogen and oxygen atoms in total. The molecule has 1 aliphatic heterocycles. The SMILES string of the molecule is CCC1(Cc2cccc(C)c2)NC(C)=C(C(=O)O)O1. The molecule has 19 heavy (non-hydrogen) atoms. The molecule has 0 spiro atoms. The van der Waals surface area contributed by atoms with Crippen molar-refractivity contribution in [1.29, 1.82) is 0 Å². The lowest BCUT2D eigenvalue weighted by Crippen LogP contribution is -2.43. The highest BCUT2D eigenvalue weighted by Gasteiger charge is 2.39. The molecule has 2 rings (SSSR count). The monoisotopic (exact) mass is 261 g/mol. The smallest absolute Gasteiger partial charge is 0.373 e. The van der Waals surface area contributed by atoms with E-state index in [-0.39, 0.29) is 5.76 Å². The third kappa shape index (κ3) is 2.72. The molecule has 1 atom stereocenters. The van der Waals surface area contributed by atoms with Crippen LogP contribution in [0.25, 0.3) is 0 Å². The quantitative estimate of drug-likeness (QED) is 0.874. The summed E-state index contributed by atoms with van der Waals surface area (Å²) in [6.07, 6.45) is 1.33. The number of aliphatic carboxylic acids is 1. The molecule has 0 saturated heterocycles. The van der Waals surface area contributed by atoms with Crippen LogP contribution >= 0.6 is 0 Å². The highest BCUT2D eigenvalue weighted by Crippen LogP contribution is 2.30. The van der Waals surface area contributed by atoms with Gasteiger partial charge in [0.25, 0.3) is 0 Å². The summed E-state index contributed by atoms with van der Waals surface area (Å²) < 4.78 is 5.68. The van der Waals surface area contributed by atoms with Gasteiger partial charge in [-0.15, -0.1) is 0 Å². The minimum absolute atomic E-state index is 0.0227. The molecule has 1 aliphatic rings. The zero-order chi connectivity index (χ0) is 14.0. The summed E-state index contributed by atoms with van der Waals surface area (Å²) in [6.45, 7) is 5.76. The van der Waals surface area contributed by atoms with E-state index < -0.39 is 11.7 Å². The van der Waals surface area contributed by atoms with E-state index in [1.54, 1.807) is 6.92 Å². The Balaban J connectivity index is 2.21. The zero-order valence-electron chi connectivity index (χ0n) is 11.5. The van der Waals surface area contributed by atoms with Crippen LogP contribution in [0.5, 0.6) is 0 Å². The Morgan fingerprint density at radius 1 is 1.42 bits per heavy atom. The normalized spacial score (nSPS) is 22.1. The summed E-state index contributed by atoms with van der Waals surface area (Å²) in [5.74, 6) is -1.00. The first-order valence-corrected chi connectivity index (χ1v) is 6.43. The van der Waals surface area contributed by atoms with E-state index in [1.807, 2.05) is 32.0 Å². The third-order valence-corrected chi connectivity index (χ3v) is 3.39. The van der Waals surface area contributed by atoms with Crippen LogP contribution in [0.2, 0.25) is 0 Å². The summed E-state index contributed by atoms with van der Waals surface area (Å²) in [5, 5.41) is 12.3. The van der Waals surface area contributed by atoms with Crippen LogP contribution in [0.3, 0.4) is 0 Å². The Kier molecular flexibility index (Phi) is 3.51. The molecule has 2 N–H and O–H groups in total. The van der Waals surface area contributed by atoms with Crippen molar-refractivity contribution in [3.63, 3.8) is 0 Å². The first-order chi connectivity index (χ1) is 8.96. The van der Waals surface area contributed by atoms with E-state index >= 15 is 0 Å². The van der Waals surface area contributed by atoms with E-state index in [0.717, 1.165) is 5.56 Å². The molecular formula is C15H19NO3. The van der Waals surface area contributed by atoms with Crippen LogP contribution in [0.15, 0.2) is 35.7 Å². The number of benzene rings is 1. The Morgan fingerprint density at radius 2 is 2.16 bits per heavy atom. The number of carboxylic acid groups (broad SMARTS) is 1. The van der Waals surface area contributed by atoms with Crippen molar-refractivity contribution in [3.8, 4) is 0 Å². The topological polar surface area (TPSA) is 58.6 Å². The van der Waals surface area contributed by atoms with Gasteiger partial charge in [0.2, 0.25) is 5.76 Å². The molecule has 1 aromatic rings. The van der Waals surface area contributed by atoms with Crippen molar-refractivity contribution in [1.82, 2.24) is 5.32 Å². The summed E-state index contributed by atoms with van der Waals surface area (Å²) in [5.41, 5.74) is 2.26. The minimum Gasteiger partial charge on any atom is -0.475 e. The molecule has 0 radical (unpaired) electrons. The highest BCUT2D eigenvalue weighted by molar-refractivity contribution is 5.85. The zero-order valence-corrected chi connectivity index (χ0v) is 11.5. The summed E-state index contributed by atoms with van der Waals surface area (Å²) in [7, 11) is 0. The molecule has 1 heterocycles. The van der Waals surface area contributed by atoms with Gasteiger partial charge in [-0.1, -0.05) is 36.8 Å². The molecule has 4 heteroatoms. The van der Waals surface area contributed by atoms with Gasteiger partial charge in [-0.25, -0.2) is 4.79 Å². The number of nitrogens with one attached hydrogen (secondary N) is 1. The van der Waals surface area contributed by atoms with Crippen LogP contribution in [-0.2, 0) is 16.0 Å². The predicted molar refractivity (Wildman–Crippen MR) is 72.5 cm³/mol. The van der Waals surface area contributed by atoms with Crippen LogP contribution in [0.1, 0.15) is 31.4 Å². The van der Waals surface area contributed by atoms with E-state index in [2.05, 4.69) is 11.4 Å². The fourth-order valence-corrected chi connectivity index (χ4v) is 2.42. The average Bonchev–Trinajstić information content (AvgIpc) is 2.67. The maximum absolute atomic E-state index is 11.1. The first kappa shape index (κ1) is 13.5.